The first-order valence-corrected chi connectivity index (χ1v) is 6.85. The van der Waals surface area contributed by atoms with Crippen LogP contribution >= 0.6 is 0 Å². The van der Waals surface area contributed by atoms with Gasteiger partial charge in [-0.15, -0.1) is 0 Å². The number of ketones is 1. The molecule has 2 aromatic carbocycles. The molecule has 0 aliphatic heterocycles. The molecule has 100 valence electrons. The molecule has 0 aromatic heterocycles. The third-order valence-electron chi connectivity index (χ3n) is 2.37. The second-order valence-electron chi connectivity index (χ2n) is 3.77. The molecule has 0 bridgehead atoms. The van der Waals surface area contributed by atoms with Gasteiger partial charge in [-0.1, -0.05) is 42.5 Å². The largest absolute Gasteiger partial charge is 1.00 e. The predicted octanol–water partition coefficient (Wildman–Crippen LogP) is -1.38. The van der Waals surface area contributed by atoms with E-state index in [0.29, 0.717) is 5.56 Å². The van der Waals surface area contributed by atoms with Crippen molar-refractivity contribution < 1.29 is 37.7 Å². The van der Waals surface area contributed by atoms with Gasteiger partial charge in [0.05, 0.1) is 5.56 Å². The molecule has 5 nitrogen and oxygen atoms in total. The molecule has 0 heterocycles. The number of benzene rings is 2. The van der Waals surface area contributed by atoms with Crippen molar-refractivity contribution >= 4 is 16.1 Å². The van der Waals surface area contributed by atoms with E-state index in [2.05, 4.69) is 4.18 Å². The fraction of sp³-hybridized carbons (Fsp3) is 0. The Balaban J connectivity index is 0.00000200. The van der Waals surface area contributed by atoms with E-state index in [9.17, 15) is 13.2 Å². The van der Waals surface area contributed by atoms with Gasteiger partial charge in [-0.3, -0.25) is 4.79 Å². The van der Waals surface area contributed by atoms with Crippen LogP contribution < -0.4 is 28.2 Å². The van der Waals surface area contributed by atoms with Crippen LogP contribution in [0.1, 0.15) is 17.3 Å². The van der Waals surface area contributed by atoms with E-state index in [0.717, 1.165) is 0 Å². The standard InChI is InChI=1S/C13H11NO4S.Li.H/c14-19(16,17)18-12-9-5-4-8-11(12)13(15)10-6-2-1-3-7-10;;/h1-9H,(H2,14,16,17);;/q;+1;-1. The van der Waals surface area contributed by atoms with Crippen molar-refractivity contribution in [3.63, 3.8) is 0 Å². The van der Waals surface area contributed by atoms with Gasteiger partial charge in [-0.2, -0.15) is 13.6 Å². The average Bonchev–Trinajstić information content (AvgIpc) is 2.38. The molecule has 0 unspecified atom stereocenters. The van der Waals surface area contributed by atoms with Gasteiger partial charge >= 0.3 is 29.2 Å². The van der Waals surface area contributed by atoms with Crippen LogP contribution in [0, 0.1) is 0 Å². The van der Waals surface area contributed by atoms with Crippen LogP contribution in [0.3, 0.4) is 0 Å². The molecule has 0 spiro atoms. The van der Waals surface area contributed by atoms with E-state index >= 15 is 0 Å². The Morgan fingerprint density at radius 2 is 1.55 bits per heavy atom. The Morgan fingerprint density at radius 1 is 1.00 bits per heavy atom. The molecular weight excluding hydrogens is 273 g/mol. The minimum atomic E-state index is -4.17. The number of carbonyl (C=O) groups excluding carboxylic acids is 1. The van der Waals surface area contributed by atoms with Crippen molar-refractivity contribution in [1.29, 1.82) is 0 Å². The number of nitrogens with two attached hydrogens (primary N) is 1. The molecule has 0 aliphatic rings. The molecule has 0 saturated carbocycles. The van der Waals surface area contributed by atoms with Crippen LogP contribution in [-0.4, -0.2) is 14.2 Å². The van der Waals surface area contributed by atoms with Gasteiger partial charge in [0.1, 0.15) is 0 Å². The van der Waals surface area contributed by atoms with Crippen LogP contribution in [0.15, 0.2) is 54.6 Å². The van der Waals surface area contributed by atoms with Crippen LogP contribution in [0.25, 0.3) is 0 Å². The number of para-hydroxylation sites is 1. The van der Waals surface area contributed by atoms with Crippen molar-refractivity contribution in [3.05, 3.63) is 65.7 Å². The second kappa shape index (κ2) is 6.73. The maximum atomic E-state index is 12.2. The molecule has 0 saturated heterocycles. The number of rotatable bonds is 4. The Bertz CT molecular complexity index is 707. The molecule has 0 fully saturated rings. The normalized spacial score (nSPS) is 10.4. The molecule has 0 radical (unpaired) electrons. The van der Waals surface area contributed by atoms with Gasteiger partial charge in [0.2, 0.25) is 0 Å². The molecule has 20 heavy (non-hydrogen) atoms. The molecule has 0 atom stereocenters. The first-order valence-electron chi connectivity index (χ1n) is 5.38. The third-order valence-corrected chi connectivity index (χ3v) is 2.79. The van der Waals surface area contributed by atoms with Gasteiger partial charge in [0.15, 0.2) is 11.5 Å². The van der Waals surface area contributed by atoms with E-state index in [1.165, 1.54) is 12.1 Å². The average molecular weight is 285 g/mol. The third kappa shape index (κ3) is 4.22. The van der Waals surface area contributed by atoms with E-state index in [-0.39, 0.29) is 37.4 Å². The fourth-order valence-electron chi connectivity index (χ4n) is 1.60. The first kappa shape index (κ1) is 16.5. The van der Waals surface area contributed by atoms with E-state index in [4.69, 9.17) is 5.14 Å². The Labute approximate surface area is 130 Å². The number of hydrogen-bond acceptors (Lipinski definition) is 4. The topological polar surface area (TPSA) is 86.5 Å². The predicted molar refractivity (Wildman–Crippen MR) is 71.2 cm³/mol. The summed E-state index contributed by atoms with van der Waals surface area (Å²) < 4.78 is 26.5. The monoisotopic (exact) mass is 285 g/mol. The molecule has 2 aromatic rings. The SMILES string of the molecule is NS(=O)(=O)Oc1ccccc1C(=O)c1ccccc1.[H-].[Li+]. The van der Waals surface area contributed by atoms with Gasteiger partial charge in [0, 0.05) is 5.56 Å². The molecular formula is C13H12LiNO4S. The van der Waals surface area contributed by atoms with Crippen LogP contribution in [0.4, 0.5) is 0 Å². The summed E-state index contributed by atoms with van der Waals surface area (Å²) in [4.78, 5) is 12.2. The zero-order valence-electron chi connectivity index (χ0n) is 11.8. The Morgan fingerprint density at radius 3 is 2.15 bits per heavy atom. The van der Waals surface area contributed by atoms with Gasteiger partial charge in [0.25, 0.3) is 0 Å². The Hall–Kier alpha value is -1.58. The van der Waals surface area contributed by atoms with Crippen molar-refractivity contribution in [1.82, 2.24) is 0 Å². The number of hydrogen-bond donors (Lipinski definition) is 1. The summed E-state index contributed by atoms with van der Waals surface area (Å²) in [5.41, 5.74) is 0.579. The summed E-state index contributed by atoms with van der Waals surface area (Å²) in [6.07, 6.45) is 0. The molecule has 0 amide bonds. The summed E-state index contributed by atoms with van der Waals surface area (Å²) in [5, 5.41) is 4.81. The van der Waals surface area contributed by atoms with Crippen LogP contribution in [0.5, 0.6) is 5.75 Å². The minimum Gasteiger partial charge on any atom is -1.00 e. The zero-order valence-corrected chi connectivity index (χ0v) is 11.6. The number of carbonyl (C=O) groups is 1. The van der Waals surface area contributed by atoms with Gasteiger partial charge < -0.3 is 5.61 Å². The summed E-state index contributed by atoms with van der Waals surface area (Å²) in [6.45, 7) is 0. The maximum absolute atomic E-state index is 12.2. The summed E-state index contributed by atoms with van der Waals surface area (Å²) in [6, 6.07) is 14.5. The Kier molecular flexibility index (Phi) is 5.54. The van der Waals surface area contributed by atoms with Crippen molar-refractivity contribution in [3.8, 4) is 5.75 Å². The zero-order chi connectivity index (χ0) is 13.9. The van der Waals surface area contributed by atoms with E-state index in [1.54, 1.807) is 42.5 Å². The fourth-order valence-corrected chi connectivity index (χ4v) is 1.99. The van der Waals surface area contributed by atoms with Gasteiger partial charge in [-0.25, -0.2) is 0 Å². The molecule has 0 aliphatic carbocycles. The smallest absolute Gasteiger partial charge is 1.00 e. The minimum absolute atomic E-state index is 0. The molecule has 2 rings (SSSR count). The van der Waals surface area contributed by atoms with Crippen molar-refractivity contribution in [2.75, 3.05) is 0 Å². The van der Waals surface area contributed by atoms with Crippen molar-refractivity contribution in [2.24, 2.45) is 5.14 Å². The summed E-state index contributed by atoms with van der Waals surface area (Å²) in [7, 11) is -4.17. The van der Waals surface area contributed by atoms with Crippen LogP contribution in [-0.2, 0) is 10.3 Å². The van der Waals surface area contributed by atoms with E-state index in [1.807, 2.05) is 0 Å². The second-order valence-corrected chi connectivity index (χ2v) is 4.92. The van der Waals surface area contributed by atoms with E-state index < -0.39 is 10.3 Å². The molecule has 7 heteroatoms. The summed E-state index contributed by atoms with van der Waals surface area (Å²) in [5.74, 6) is -0.418. The quantitative estimate of drug-likeness (QED) is 0.554. The first-order chi connectivity index (χ1) is 8.97. The molecule has 2 N–H and O–H groups in total. The maximum Gasteiger partial charge on any atom is 1.00 e. The van der Waals surface area contributed by atoms with Gasteiger partial charge in [-0.05, 0) is 12.1 Å². The van der Waals surface area contributed by atoms with Crippen LogP contribution in [0.2, 0.25) is 0 Å². The summed E-state index contributed by atoms with van der Waals surface area (Å²) >= 11 is 0. The van der Waals surface area contributed by atoms with Crippen molar-refractivity contribution in [2.45, 2.75) is 0 Å².